The van der Waals surface area contributed by atoms with E-state index in [4.69, 9.17) is 27.9 Å². The van der Waals surface area contributed by atoms with E-state index >= 15 is 0 Å². The highest BCUT2D eigenvalue weighted by atomic mass is 35.5. The van der Waals surface area contributed by atoms with Crippen molar-refractivity contribution in [3.63, 3.8) is 0 Å². The third-order valence-electron chi connectivity index (χ3n) is 3.77. The molecule has 0 aliphatic heterocycles. The van der Waals surface area contributed by atoms with Crippen LogP contribution in [-0.4, -0.2) is 18.2 Å². The highest BCUT2D eigenvalue weighted by Gasteiger charge is 2.07. The Balaban J connectivity index is 1.61. The lowest BCUT2D eigenvalue weighted by molar-refractivity contribution is -0.123. The number of hydrogen-bond donors (Lipinski definition) is 1. The topological polar surface area (TPSA) is 50.7 Å². The van der Waals surface area contributed by atoms with Crippen molar-refractivity contribution < 1.29 is 9.53 Å². The van der Waals surface area contributed by atoms with Crippen LogP contribution in [0.4, 0.5) is 0 Å². The van der Waals surface area contributed by atoms with Crippen LogP contribution >= 0.6 is 23.2 Å². The summed E-state index contributed by atoms with van der Waals surface area (Å²) in [6, 6.07) is 18.9. The van der Waals surface area contributed by atoms with E-state index in [0.29, 0.717) is 21.5 Å². The number of rotatable bonds is 5. The largest absolute Gasteiger partial charge is 0.482 e. The zero-order valence-electron chi connectivity index (χ0n) is 14.0. The smallest absolute Gasteiger partial charge is 0.277 e. The molecule has 3 rings (SSSR count). The first-order chi connectivity index (χ1) is 12.5. The molecule has 4 nitrogen and oxygen atoms in total. The molecule has 0 fully saturated rings. The molecule has 132 valence electrons. The summed E-state index contributed by atoms with van der Waals surface area (Å²) in [7, 11) is 0. The summed E-state index contributed by atoms with van der Waals surface area (Å²) in [5.41, 5.74) is 4.12. The van der Waals surface area contributed by atoms with Gasteiger partial charge in [-0.25, -0.2) is 5.43 Å². The van der Waals surface area contributed by atoms with Crippen LogP contribution in [0, 0.1) is 0 Å². The van der Waals surface area contributed by atoms with Gasteiger partial charge in [-0.15, -0.1) is 0 Å². The SMILES string of the molecule is C/C(=N/NC(=O)COc1ccc(Cl)cc1Cl)c1ccc2ccccc2c1. The number of hydrogen-bond acceptors (Lipinski definition) is 3. The van der Waals surface area contributed by atoms with Gasteiger partial charge in [-0.3, -0.25) is 4.79 Å². The minimum absolute atomic E-state index is 0.199. The van der Waals surface area contributed by atoms with Gasteiger partial charge in [0.25, 0.3) is 5.91 Å². The fourth-order valence-corrected chi connectivity index (χ4v) is 2.86. The lowest BCUT2D eigenvalue weighted by Gasteiger charge is -2.08. The first-order valence-corrected chi connectivity index (χ1v) is 8.69. The van der Waals surface area contributed by atoms with E-state index < -0.39 is 0 Å². The van der Waals surface area contributed by atoms with Crippen molar-refractivity contribution in [2.45, 2.75) is 6.92 Å². The number of benzene rings is 3. The van der Waals surface area contributed by atoms with Crippen molar-refractivity contribution in [3.05, 3.63) is 76.3 Å². The van der Waals surface area contributed by atoms with E-state index in [2.05, 4.69) is 10.5 Å². The maximum absolute atomic E-state index is 11.9. The van der Waals surface area contributed by atoms with Crippen LogP contribution in [0.3, 0.4) is 0 Å². The number of halogens is 2. The summed E-state index contributed by atoms with van der Waals surface area (Å²) < 4.78 is 5.38. The van der Waals surface area contributed by atoms with Gasteiger partial charge in [-0.1, -0.05) is 59.6 Å². The molecular formula is C20H16Cl2N2O2. The van der Waals surface area contributed by atoms with Crippen molar-refractivity contribution in [2.24, 2.45) is 5.10 Å². The third-order valence-corrected chi connectivity index (χ3v) is 4.30. The van der Waals surface area contributed by atoms with Gasteiger partial charge in [0.2, 0.25) is 0 Å². The number of carbonyl (C=O) groups excluding carboxylic acids is 1. The van der Waals surface area contributed by atoms with Gasteiger partial charge >= 0.3 is 0 Å². The van der Waals surface area contributed by atoms with Crippen molar-refractivity contribution >= 4 is 45.6 Å². The average Bonchev–Trinajstić information content (AvgIpc) is 2.65. The second kappa shape index (κ2) is 8.21. The van der Waals surface area contributed by atoms with Gasteiger partial charge in [0.1, 0.15) is 5.75 Å². The number of carbonyl (C=O) groups is 1. The molecule has 0 saturated carbocycles. The van der Waals surface area contributed by atoms with Gasteiger partial charge in [-0.05, 0) is 47.5 Å². The van der Waals surface area contributed by atoms with E-state index in [-0.39, 0.29) is 12.5 Å². The number of fused-ring (bicyclic) bond motifs is 1. The summed E-state index contributed by atoms with van der Waals surface area (Å²) in [6.45, 7) is 1.64. The Morgan fingerprint density at radius 3 is 2.58 bits per heavy atom. The normalized spacial score (nSPS) is 11.4. The first kappa shape index (κ1) is 18.2. The quantitative estimate of drug-likeness (QED) is 0.491. The molecular weight excluding hydrogens is 371 g/mol. The third kappa shape index (κ3) is 4.54. The molecule has 0 atom stereocenters. The van der Waals surface area contributed by atoms with Crippen molar-refractivity contribution in [3.8, 4) is 5.75 Å². The second-order valence-corrected chi connectivity index (χ2v) is 6.50. The van der Waals surface area contributed by atoms with Gasteiger partial charge in [0.15, 0.2) is 6.61 Å². The Labute approximate surface area is 161 Å². The minimum atomic E-state index is -0.379. The fraction of sp³-hybridized carbons (Fsp3) is 0.100. The average molecular weight is 387 g/mol. The van der Waals surface area contributed by atoms with E-state index in [1.165, 1.54) is 0 Å². The molecule has 0 heterocycles. The van der Waals surface area contributed by atoms with Crippen LogP contribution in [0.15, 0.2) is 65.8 Å². The molecule has 1 amide bonds. The zero-order chi connectivity index (χ0) is 18.5. The Morgan fingerprint density at radius 2 is 1.81 bits per heavy atom. The van der Waals surface area contributed by atoms with Crippen LogP contribution in [-0.2, 0) is 4.79 Å². The number of nitrogens with zero attached hydrogens (tertiary/aromatic N) is 1. The zero-order valence-corrected chi connectivity index (χ0v) is 15.5. The van der Waals surface area contributed by atoms with Crippen LogP contribution < -0.4 is 10.2 Å². The first-order valence-electron chi connectivity index (χ1n) is 7.93. The number of hydrazone groups is 1. The predicted octanol–water partition coefficient (Wildman–Crippen LogP) is 5.07. The lowest BCUT2D eigenvalue weighted by atomic mass is 10.0. The molecule has 26 heavy (non-hydrogen) atoms. The number of nitrogens with one attached hydrogen (secondary N) is 1. The molecule has 3 aromatic carbocycles. The predicted molar refractivity (Wildman–Crippen MR) is 106 cm³/mol. The molecule has 0 unspecified atom stereocenters. The molecule has 1 N–H and O–H groups in total. The van der Waals surface area contributed by atoms with Crippen molar-refractivity contribution in [1.29, 1.82) is 0 Å². The molecule has 0 radical (unpaired) electrons. The molecule has 0 aliphatic rings. The minimum Gasteiger partial charge on any atom is -0.482 e. The molecule has 0 bridgehead atoms. The van der Waals surface area contributed by atoms with E-state index in [1.54, 1.807) is 18.2 Å². The summed E-state index contributed by atoms with van der Waals surface area (Å²) in [5.74, 6) is 0.0117. The molecule has 0 spiro atoms. The van der Waals surface area contributed by atoms with Crippen LogP contribution in [0.25, 0.3) is 10.8 Å². The molecule has 6 heteroatoms. The van der Waals surface area contributed by atoms with Crippen molar-refractivity contribution in [1.82, 2.24) is 5.43 Å². The van der Waals surface area contributed by atoms with Crippen molar-refractivity contribution in [2.75, 3.05) is 6.61 Å². The standard InChI is InChI=1S/C20H16Cl2N2O2/c1-13(15-7-6-14-4-2-3-5-16(14)10-15)23-24-20(25)12-26-19-9-8-17(21)11-18(19)22/h2-11H,12H2,1H3,(H,24,25)/b23-13-. The van der Waals surface area contributed by atoms with Gasteiger partial charge in [0.05, 0.1) is 10.7 Å². The van der Waals surface area contributed by atoms with Crippen LogP contribution in [0.2, 0.25) is 10.0 Å². The van der Waals surface area contributed by atoms with Crippen LogP contribution in [0.1, 0.15) is 12.5 Å². The summed E-state index contributed by atoms with van der Waals surface area (Å²) >= 11 is 11.8. The maximum Gasteiger partial charge on any atom is 0.277 e. The van der Waals surface area contributed by atoms with E-state index in [1.807, 2.05) is 49.4 Å². The Bertz CT molecular complexity index is 986. The number of ether oxygens (including phenoxy) is 1. The Kier molecular flexibility index (Phi) is 5.76. The van der Waals surface area contributed by atoms with Crippen LogP contribution in [0.5, 0.6) is 5.75 Å². The molecule has 3 aromatic rings. The summed E-state index contributed by atoms with van der Waals surface area (Å²) in [4.78, 5) is 11.9. The Morgan fingerprint density at radius 1 is 1.04 bits per heavy atom. The lowest BCUT2D eigenvalue weighted by Crippen LogP contribution is -2.25. The second-order valence-electron chi connectivity index (χ2n) is 5.66. The molecule has 0 aliphatic carbocycles. The highest BCUT2D eigenvalue weighted by Crippen LogP contribution is 2.27. The molecule has 0 aromatic heterocycles. The summed E-state index contributed by atoms with van der Waals surface area (Å²) in [6.07, 6.45) is 0. The maximum atomic E-state index is 11.9. The van der Waals surface area contributed by atoms with E-state index in [0.717, 1.165) is 16.3 Å². The van der Waals surface area contributed by atoms with Gasteiger partial charge in [-0.2, -0.15) is 5.10 Å². The highest BCUT2D eigenvalue weighted by molar-refractivity contribution is 6.35. The van der Waals surface area contributed by atoms with Gasteiger partial charge < -0.3 is 4.74 Å². The Hall–Kier alpha value is -2.56. The van der Waals surface area contributed by atoms with Gasteiger partial charge in [0, 0.05) is 5.02 Å². The summed E-state index contributed by atoms with van der Waals surface area (Å²) in [5, 5.41) is 7.25. The fourth-order valence-electron chi connectivity index (χ4n) is 2.39. The van der Waals surface area contributed by atoms with E-state index in [9.17, 15) is 4.79 Å². The number of amides is 1. The monoisotopic (exact) mass is 386 g/mol. The molecule has 0 saturated heterocycles.